The van der Waals surface area contributed by atoms with Gasteiger partial charge in [-0.05, 0) is 35.7 Å². The van der Waals surface area contributed by atoms with Gasteiger partial charge in [0.15, 0.2) is 0 Å². The zero-order chi connectivity index (χ0) is 12.8. The Labute approximate surface area is 112 Å². The maximum atomic E-state index is 11.9. The van der Waals surface area contributed by atoms with Crippen LogP contribution in [0.1, 0.15) is 12.5 Å². The van der Waals surface area contributed by atoms with Crippen LogP contribution in [0.15, 0.2) is 16.8 Å². The van der Waals surface area contributed by atoms with Gasteiger partial charge in [-0.1, -0.05) is 0 Å². The van der Waals surface area contributed by atoms with Gasteiger partial charge in [0.1, 0.15) is 6.04 Å². The van der Waals surface area contributed by atoms with Gasteiger partial charge in [-0.3, -0.25) is 9.69 Å². The number of hydrogen-bond donors (Lipinski definition) is 1. The molecule has 1 unspecified atom stereocenters. The summed E-state index contributed by atoms with van der Waals surface area (Å²) in [5, 5.41) is 7.52. The standard InChI is InChI=1S/C13H20N2O2S/c1-2-17-13(16)12-9-14-5-7-15(12)6-3-11-4-8-18-10-11/h4,8,10,12,14H,2-3,5-7,9H2,1H3. The van der Waals surface area contributed by atoms with E-state index in [2.05, 4.69) is 27.0 Å². The van der Waals surface area contributed by atoms with E-state index in [0.29, 0.717) is 13.2 Å². The number of carbonyl (C=O) groups excluding carboxylic acids is 1. The predicted molar refractivity (Wildman–Crippen MR) is 72.9 cm³/mol. The van der Waals surface area contributed by atoms with Crippen LogP contribution in [0, 0.1) is 0 Å². The first-order valence-corrected chi connectivity index (χ1v) is 7.38. The summed E-state index contributed by atoms with van der Waals surface area (Å²) in [6.07, 6.45) is 0.999. The summed E-state index contributed by atoms with van der Waals surface area (Å²) in [7, 11) is 0. The van der Waals surface area contributed by atoms with Crippen LogP contribution < -0.4 is 5.32 Å². The van der Waals surface area contributed by atoms with E-state index in [1.165, 1.54) is 5.56 Å². The normalized spacial score (nSPS) is 20.8. The van der Waals surface area contributed by atoms with Gasteiger partial charge in [0.25, 0.3) is 0 Å². The fourth-order valence-corrected chi connectivity index (χ4v) is 2.90. The molecule has 0 spiro atoms. The molecule has 1 N–H and O–H groups in total. The van der Waals surface area contributed by atoms with Crippen LogP contribution in [-0.4, -0.2) is 49.7 Å². The predicted octanol–water partition coefficient (Wildman–Crippen LogP) is 1.13. The minimum atomic E-state index is -0.127. The maximum absolute atomic E-state index is 11.9. The first kappa shape index (κ1) is 13.5. The van der Waals surface area contributed by atoms with E-state index in [-0.39, 0.29) is 12.0 Å². The molecule has 0 radical (unpaired) electrons. The fourth-order valence-electron chi connectivity index (χ4n) is 2.19. The van der Waals surface area contributed by atoms with Gasteiger partial charge in [-0.15, -0.1) is 0 Å². The zero-order valence-corrected chi connectivity index (χ0v) is 11.5. The molecule has 4 nitrogen and oxygen atoms in total. The van der Waals surface area contributed by atoms with Crippen LogP contribution in [0.2, 0.25) is 0 Å². The van der Waals surface area contributed by atoms with Crippen LogP contribution in [0.4, 0.5) is 0 Å². The highest BCUT2D eigenvalue weighted by Gasteiger charge is 2.29. The summed E-state index contributed by atoms with van der Waals surface area (Å²) in [5.74, 6) is -0.102. The molecule has 18 heavy (non-hydrogen) atoms. The monoisotopic (exact) mass is 268 g/mol. The van der Waals surface area contributed by atoms with Crippen molar-refractivity contribution in [3.8, 4) is 0 Å². The Hall–Kier alpha value is -0.910. The van der Waals surface area contributed by atoms with Crippen molar-refractivity contribution in [3.05, 3.63) is 22.4 Å². The fraction of sp³-hybridized carbons (Fsp3) is 0.615. The quantitative estimate of drug-likeness (QED) is 0.813. The van der Waals surface area contributed by atoms with Gasteiger partial charge in [0.05, 0.1) is 6.61 Å². The van der Waals surface area contributed by atoms with Crippen molar-refractivity contribution >= 4 is 17.3 Å². The molecule has 1 atom stereocenters. The molecule has 0 amide bonds. The lowest BCUT2D eigenvalue weighted by Gasteiger charge is -2.34. The minimum absolute atomic E-state index is 0.102. The Balaban J connectivity index is 1.89. The van der Waals surface area contributed by atoms with E-state index in [0.717, 1.165) is 26.1 Å². The Morgan fingerprint density at radius 3 is 3.28 bits per heavy atom. The van der Waals surface area contributed by atoms with Crippen molar-refractivity contribution in [2.24, 2.45) is 0 Å². The maximum Gasteiger partial charge on any atom is 0.324 e. The van der Waals surface area contributed by atoms with E-state index in [1.807, 2.05) is 6.92 Å². The van der Waals surface area contributed by atoms with Crippen LogP contribution >= 0.6 is 11.3 Å². The Morgan fingerprint density at radius 1 is 1.67 bits per heavy atom. The van der Waals surface area contributed by atoms with Crippen molar-refractivity contribution in [2.75, 3.05) is 32.8 Å². The first-order chi connectivity index (χ1) is 8.81. The SMILES string of the molecule is CCOC(=O)C1CNCCN1CCc1ccsc1. The number of thiophene rings is 1. The average Bonchev–Trinajstić information content (AvgIpc) is 2.90. The number of nitrogens with zero attached hydrogens (tertiary/aromatic N) is 1. The number of nitrogens with one attached hydrogen (secondary N) is 1. The second-order valence-corrected chi connectivity index (χ2v) is 5.17. The lowest BCUT2D eigenvalue weighted by molar-refractivity contribution is -0.150. The molecule has 5 heteroatoms. The smallest absolute Gasteiger partial charge is 0.324 e. The molecule has 1 fully saturated rings. The molecule has 0 saturated carbocycles. The lowest BCUT2D eigenvalue weighted by atomic mass is 10.1. The lowest BCUT2D eigenvalue weighted by Crippen LogP contribution is -2.55. The molecule has 1 aromatic rings. The average molecular weight is 268 g/mol. The van der Waals surface area contributed by atoms with E-state index in [9.17, 15) is 4.79 Å². The Bertz CT molecular complexity index is 367. The van der Waals surface area contributed by atoms with E-state index < -0.39 is 0 Å². The summed E-state index contributed by atoms with van der Waals surface area (Å²) >= 11 is 1.72. The van der Waals surface area contributed by atoms with Crippen molar-refractivity contribution in [2.45, 2.75) is 19.4 Å². The van der Waals surface area contributed by atoms with Crippen LogP contribution in [0.5, 0.6) is 0 Å². The second kappa shape index (κ2) is 6.87. The minimum Gasteiger partial charge on any atom is -0.465 e. The molecule has 0 aromatic carbocycles. The van der Waals surface area contributed by atoms with E-state index >= 15 is 0 Å². The molecule has 2 rings (SSSR count). The van der Waals surface area contributed by atoms with E-state index in [1.54, 1.807) is 11.3 Å². The number of piperazine rings is 1. The highest BCUT2D eigenvalue weighted by Crippen LogP contribution is 2.11. The molecular weight excluding hydrogens is 248 g/mol. The molecule has 1 aliphatic heterocycles. The third-order valence-corrected chi connectivity index (χ3v) is 3.91. The number of ether oxygens (including phenoxy) is 1. The third kappa shape index (κ3) is 3.54. The van der Waals surface area contributed by atoms with Crippen molar-refractivity contribution in [3.63, 3.8) is 0 Å². The number of rotatable bonds is 5. The third-order valence-electron chi connectivity index (χ3n) is 3.18. The largest absolute Gasteiger partial charge is 0.465 e. The van der Waals surface area contributed by atoms with Crippen LogP contribution in [0.25, 0.3) is 0 Å². The highest BCUT2D eigenvalue weighted by atomic mass is 32.1. The summed E-state index contributed by atoms with van der Waals surface area (Å²) < 4.78 is 5.13. The number of hydrogen-bond acceptors (Lipinski definition) is 5. The summed E-state index contributed by atoms with van der Waals surface area (Å²) in [4.78, 5) is 14.1. The number of esters is 1. The molecular formula is C13H20N2O2S. The van der Waals surface area contributed by atoms with Crippen molar-refractivity contribution in [1.82, 2.24) is 10.2 Å². The Morgan fingerprint density at radius 2 is 2.56 bits per heavy atom. The number of carbonyl (C=O) groups is 1. The second-order valence-electron chi connectivity index (χ2n) is 4.39. The molecule has 1 aliphatic rings. The topological polar surface area (TPSA) is 41.6 Å². The van der Waals surface area contributed by atoms with Gasteiger partial charge in [-0.25, -0.2) is 0 Å². The zero-order valence-electron chi connectivity index (χ0n) is 10.7. The van der Waals surface area contributed by atoms with Gasteiger partial charge in [0.2, 0.25) is 0 Å². The van der Waals surface area contributed by atoms with Crippen LogP contribution in [0.3, 0.4) is 0 Å². The molecule has 100 valence electrons. The van der Waals surface area contributed by atoms with Crippen LogP contribution in [-0.2, 0) is 16.0 Å². The highest BCUT2D eigenvalue weighted by molar-refractivity contribution is 7.07. The molecule has 2 heterocycles. The van der Waals surface area contributed by atoms with Crippen molar-refractivity contribution < 1.29 is 9.53 Å². The molecule has 0 aliphatic carbocycles. The molecule has 0 bridgehead atoms. The molecule has 1 aromatic heterocycles. The van der Waals surface area contributed by atoms with Gasteiger partial charge in [-0.2, -0.15) is 11.3 Å². The summed E-state index contributed by atoms with van der Waals surface area (Å²) in [6.45, 7) is 5.77. The first-order valence-electron chi connectivity index (χ1n) is 6.43. The van der Waals surface area contributed by atoms with Gasteiger partial charge >= 0.3 is 5.97 Å². The van der Waals surface area contributed by atoms with Gasteiger partial charge in [0, 0.05) is 26.2 Å². The van der Waals surface area contributed by atoms with Crippen molar-refractivity contribution in [1.29, 1.82) is 0 Å². The van der Waals surface area contributed by atoms with E-state index in [4.69, 9.17) is 4.74 Å². The summed E-state index contributed by atoms with van der Waals surface area (Å²) in [6, 6.07) is 2.02. The molecule has 1 saturated heterocycles. The summed E-state index contributed by atoms with van der Waals surface area (Å²) in [5.41, 5.74) is 1.35. The van der Waals surface area contributed by atoms with Gasteiger partial charge < -0.3 is 10.1 Å². The Kier molecular flexibility index (Phi) is 5.16.